The van der Waals surface area contributed by atoms with Gasteiger partial charge in [-0.05, 0) is 67.4 Å². The summed E-state index contributed by atoms with van der Waals surface area (Å²) in [5.74, 6) is 1.16. The summed E-state index contributed by atoms with van der Waals surface area (Å²) >= 11 is 0. The molecule has 0 amide bonds. The number of aryl methyl sites for hydroxylation is 3. The first kappa shape index (κ1) is 21.2. The minimum Gasteiger partial charge on any atom is -0.438 e. The molecule has 0 atom stereocenters. The molecule has 3 heterocycles. The van der Waals surface area contributed by atoms with Crippen molar-refractivity contribution in [3.63, 3.8) is 0 Å². The molecule has 0 N–H and O–H groups in total. The molecule has 5 aromatic rings. The van der Waals surface area contributed by atoms with Crippen LogP contribution in [-0.4, -0.2) is 18.9 Å². The van der Waals surface area contributed by atoms with Crippen LogP contribution in [0.3, 0.4) is 0 Å². The van der Waals surface area contributed by atoms with E-state index in [1.807, 2.05) is 67.9 Å². The zero-order chi connectivity index (χ0) is 23.8. The van der Waals surface area contributed by atoms with Crippen molar-refractivity contribution >= 4 is 28.3 Å². The number of allylic oxidation sites excluding steroid dienone is 1. The Morgan fingerprint density at radius 3 is 2.50 bits per heavy atom. The summed E-state index contributed by atoms with van der Waals surface area (Å²) < 4.78 is 9.39. The van der Waals surface area contributed by atoms with Gasteiger partial charge >= 0.3 is 0 Å². The largest absolute Gasteiger partial charge is 0.438 e. The van der Waals surface area contributed by atoms with Crippen LogP contribution >= 0.6 is 0 Å². The molecule has 3 aromatic heterocycles. The number of nitrogens with zero attached hydrogens (tertiary/aromatic N) is 5. The minimum atomic E-state index is -0.337. The Labute approximate surface area is 195 Å². The number of aromatic nitrogens is 4. The van der Waals surface area contributed by atoms with Gasteiger partial charge in [-0.1, -0.05) is 24.3 Å². The Hall–Kier alpha value is -4.70. The fourth-order valence-electron chi connectivity index (χ4n) is 4.06. The van der Waals surface area contributed by atoms with Crippen molar-refractivity contribution in [1.82, 2.24) is 18.9 Å². The molecule has 0 aliphatic carbocycles. The van der Waals surface area contributed by atoms with Gasteiger partial charge in [0.2, 0.25) is 5.88 Å². The van der Waals surface area contributed by atoms with E-state index in [-0.39, 0.29) is 22.6 Å². The second-order valence-corrected chi connectivity index (χ2v) is 8.14. The molecule has 34 heavy (non-hydrogen) atoms. The third-order valence-corrected chi connectivity index (χ3v) is 5.58. The topological polar surface area (TPSA) is 85.2 Å². The summed E-state index contributed by atoms with van der Waals surface area (Å²) in [7, 11) is 1.84. The maximum absolute atomic E-state index is 13.5. The number of fused-ring (bicyclic) bond motifs is 2. The van der Waals surface area contributed by atoms with Gasteiger partial charge in [-0.15, -0.1) is 0 Å². The van der Waals surface area contributed by atoms with Gasteiger partial charge in [0.05, 0.1) is 16.6 Å². The van der Waals surface area contributed by atoms with Gasteiger partial charge < -0.3 is 9.30 Å². The average Bonchev–Trinajstić information content (AvgIpc) is 3.15. The Morgan fingerprint density at radius 2 is 1.76 bits per heavy atom. The summed E-state index contributed by atoms with van der Waals surface area (Å²) in [5.41, 5.74) is 4.23. The minimum absolute atomic E-state index is 0.132. The quantitative estimate of drug-likeness (QED) is 0.360. The van der Waals surface area contributed by atoms with Gasteiger partial charge in [-0.2, -0.15) is 10.2 Å². The molecule has 0 saturated heterocycles. The van der Waals surface area contributed by atoms with Gasteiger partial charge in [0.1, 0.15) is 23.0 Å². The van der Waals surface area contributed by atoms with Crippen LogP contribution in [0.2, 0.25) is 0 Å². The van der Waals surface area contributed by atoms with E-state index in [9.17, 15) is 10.1 Å². The molecule has 0 unspecified atom stereocenters. The highest BCUT2D eigenvalue weighted by Crippen LogP contribution is 2.28. The van der Waals surface area contributed by atoms with E-state index in [2.05, 4.69) is 16.0 Å². The van der Waals surface area contributed by atoms with Gasteiger partial charge in [0, 0.05) is 13.2 Å². The first-order valence-electron chi connectivity index (χ1n) is 10.8. The highest BCUT2D eigenvalue weighted by Gasteiger charge is 2.18. The number of para-hydroxylation sites is 2. The van der Waals surface area contributed by atoms with E-state index >= 15 is 0 Å². The van der Waals surface area contributed by atoms with E-state index in [4.69, 9.17) is 4.74 Å². The van der Waals surface area contributed by atoms with Crippen molar-refractivity contribution in [1.29, 1.82) is 5.26 Å². The lowest BCUT2D eigenvalue weighted by Crippen LogP contribution is -2.18. The fourth-order valence-corrected chi connectivity index (χ4v) is 4.06. The number of imidazole rings is 1. The first-order chi connectivity index (χ1) is 16.4. The molecule has 7 heteroatoms. The van der Waals surface area contributed by atoms with E-state index in [1.165, 1.54) is 10.5 Å². The van der Waals surface area contributed by atoms with Crippen molar-refractivity contribution in [3.8, 4) is 17.7 Å². The number of pyridine rings is 1. The number of hydrogen-bond donors (Lipinski definition) is 0. The molecule has 0 spiro atoms. The lowest BCUT2D eigenvalue weighted by molar-refractivity contribution is 0.460. The maximum Gasteiger partial charge on any atom is 0.269 e. The second-order valence-electron chi connectivity index (χ2n) is 8.14. The van der Waals surface area contributed by atoms with Crippen LogP contribution in [0.25, 0.3) is 28.3 Å². The molecule has 0 aliphatic rings. The molecule has 166 valence electrons. The van der Waals surface area contributed by atoms with Crippen molar-refractivity contribution in [2.45, 2.75) is 13.8 Å². The summed E-state index contributed by atoms with van der Waals surface area (Å²) in [5, 5.41) is 10.0. The number of ether oxygens (including phenoxy) is 1. The summed E-state index contributed by atoms with van der Waals surface area (Å²) in [6, 6.07) is 20.9. The standard InChI is InChI=1S/C27H21N5O2/c1-17-12-18(2)14-20(13-17)34-26-21(27(33)32-11-7-6-10-24(32)30-26)15-19(16-28)25-29-22-8-4-5-9-23(22)31(25)3/h4-15H,1-3H3/b19-15+. The van der Waals surface area contributed by atoms with Crippen LogP contribution in [0.5, 0.6) is 11.6 Å². The molecular formula is C27H21N5O2. The van der Waals surface area contributed by atoms with Gasteiger partial charge in [0.25, 0.3) is 5.56 Å². The predicted molar refractivity (Wildman–Crippen MR) is 132 cm³/mol. The first-order valence-corrected chi connectivity index (χ1v) is 10.8. The molecule has 0 aliphatic heterocycles. The lowest BCUT2D eigenvalue weighted by atomic mass is 10.1. The highest BCUT2D eigenvalue weighted by molar-refractivity contribution is 5.91. The fraction of sp³-hybridized carbons (Fsp3) is 0.111. The summed E-state index contributed by atoms with van der Waals surface area (Å²) in [6.45, 7) is 3.95. The van der Waals surface area contributed by atoms with E-state index < -0.39 is 0 Å². The van der Waals surface area contributed by atoms with Gasteiger partial charge in [0.15, 0.2) is 5.82 Å². The second kappa shape index (κ2) is 8.34. The van der Waals surface area contributed by atoms with Gasteiger partial charge in [-0.25, -0.2) is 4.98 Å². The van der Waals surface area contributed by atoms with E-state index in [1.54, 1.807) is 24.4 Å². The zero-order valence-corrected chi connectivity index (χ0v) is 19.0. The Balaban J connectivity index is 1.73. The molecule has 5 rings (SSSR count). The van der Waals surface area contributed by atoms with Crippen LogP contribution in [-0.2, 0) is 7.05 Å². The molecule has 0 saturated carbocycles. The third kappa shape index (κ3) is 3.71. The summed E-state index contributed by atoms with van der Waals surface area (Å²) in [6.07, 6.45) is 3.15. The van der Waals surface area contributed by atoms with Crippen LogP contribution in [0.4, 0.5) is 0 Å². The zero-order valence-electron chi connectivity index (χ0n) is 19.0. The number of nitriles is 1. The predicted octanol–water partition coefficient (Wildman–Crippen LogP) is 5.05. The molecule has 0 fully saturated rings. The Kier molecular flexibility index (Phi) is 5.19. The number of benzene rings is 2. The Morgan fingerprint density at radius 1 is 1.03 bits per heavy atom. The van der Waals surface area contributed by atoms with Gasteiger partial charge in [-0.3, -0.25) is 9.20 Å². The van der Waals surface area contributed by atoms with Crippen molar-refractivity contribution < 1.29 is 4.74 Å². The van der Waals surface area contributed by atoms with Crippen molar-refractivity contribution in [3.05, 3.63) is 99.7 Å². The van der Waals surface area contributed by atoms with Crippen molar-refractivity contribution in [2.24, 2.45) is 7.05 Å². The average molecular weight is 447 g/mol. The monoisotopic (exact) mass is 447 g/mol. The molecule has 0 bridgehead atoms. The maximum atomic E-state index is 13.5. The van der Waals surface area contributed by atoms with Crippen LogP contribution < -0.4 is 10.3 Å². The van der Waals surface area contributed by atoms with E-state index in [0.29, 0.717) is 17.2 Å². The van der Waals surface area contributed by atoms with E-state index in [0.717, 1.165) is 22.2 Å². The normalized spacial score (nSPS) is 11.6. The number of hydrogen-bond acceptors (Lipinski definition) is 5. The highest BCUT2D eigenvalue weighted by atomic mass is 16.5. The lowest BCUT2D eigenvalue weighted by Gasteiger charge is -2.11. The smallest absolute Gasteiger partial charge is 0.269 e. The molecule has 7 nitrogen and oxygen atoms in total. The Bertz CT molecular complexity index is 1680. The van der Waals surface area contributed by atoms with Crippen LogP contribution in [0, 0.1) is 25.2 Å². The van der Waals surface area contributed by atoms with Crippen LogP contribution in [0.1, 0.15) is 22.5 Å². The molecular weight excluding hydrogens is 426 g/mol. The SMILES string of the molecule is Cc1cc(C)cc(Oc2nc3ccccn3c(=O)c2/C=C(\C#N)c2nc3ccccc3n2C)c1. The molecule has 0 radical (unpaired) electrons. The van der Waals surface area contributed by atoms with Crippen LogP contribution in [0.15, 0.2) is 71.7 Å². The summed E-state index contributed by atoms with van der Waals surface area (Å²) in [4.78, 5) is 22.7. The third-order valence-electron chi connectivity index (χ3n) is 5.58. The van der Waals surface area contributed by atoms with Crippen molar-refractivity contribution in [2.75, 3.05) is 0 Å². The molecule has 2 aromatic carbocycles. The number of rotatable bonds is 4.